The molecule has 20 heavy (non-hydrogen) atoms. The normalized spacial score (nSPS) is 11.7. The Kier molecular flexibility index (Phi) is 4.53. The molecule has 2 aromatic rings. The predicted molar refractivity (Wildman–Crippen MR) is 76.6 cm³/mol. The monoisotopic (exact) mass is 294 g/mol. The van der Waals surface area contributed by atoms with E-state index in [4.69, 9.17) is 5.73 Å². The summed E-state index contributed by atoms with van der Waals surface area (Å²) < 4.78 is 26.8. The second-order valence-electron chi connectivity index (χ2n) is 4.50. The van der Waals surface area contributed by atoms with Gasteiger partial charge in [0.2, 0.25) is 0 Å². The van der Waals surface area contributed by atoms with E-state index >= 15 is 0 Å². The highest BCUT2D eigenvalue weighted by molar-refractivity contribution is 7.89. The molecule has 0 spiro atoms. The smallest absolute Gasteiger partial charge is 0.257 e. The standard InChI is InChI=1S/C13H18N4O2S/c1-10-4-2-3-5-11(10)6-7-16-20(18,19)13-12(8-14)9-15-17-13/h2-5,9,16H,6-8,14H2,1H3,(H,15,17). The molecule has 4 N–H and O–H groups in total. The maximum atomic E-state index is 12.1. The highest BCUT2D eigenvalue weighted by Gasteiger charge is 2.19. The second-order valence-corrected chi connectivity index (χ2v) is 6.21. The number of hydrogen-bond donors (Lipinski definition) is 3. The first kappa shape index (κ1) is 14.7. The number of H-pyrrole nitrogens is 1. The van der Waals surface area contributed by atoms with E-state index in [1.807, 2.05) is 31.2 Å². The molecule has 0 unspecified atom stereocenters. The van der Waals surface area contributed by atoms with Gasteiger partial charge in [-0.05, 0) is 24.5 Å². The van der Waals surface area contributed by atoms with Gasteiger partial charge in [-0.15, -0.1) is 0 Å². The molecule has 108 valence electrons. The van der Waals surface area contributed by atoms with Crippen LogP contribution in [0.25, 0.3) is 0 Å². The van der Waals surface area contributed by atoms with Crippen molar-refractivity contribution in [2.45, 2.75) is 24.9 Å². The molecule has 0 atom stereocenters. The number of nitrogens with one attached hydrogen (secondary N) is 2. The predicted octanol–water partition coefficient (Wildman–Crippen LogP) is 0.698. The summed E-state index contributed by atoms with van der Waals surface area (Å²) in [4.78, 5) is 0. The van der Waals surface area contributed by atoms with E-state index in [1.165, 1.54) is 6.20 Å². The van der Waals surface area contributed by atoms with E-state index in [1.54, 1.807) is 0 Å². The molecule has 1 heterocycles. The summed E-state index contributed by atoms with van der Waals surface area (Å²) >= 11 is 0. The van der Waals surface area contributed by atoms with E-state index in [0.29, 0.717) is 18.5 Å². The van der Waals surface area contributed by atoms with Gasteiger partial charge in [-0.2, -0.15) is 5.10 Å². The van der Waals surface area contributed by atoms with Gasteiger partial charge in [-0.1, -0.05) is 24.3 Å². The van der Waals surface area contributed by atoms with E-state index in [-0.39, 0.29) is 11.6 Å². The van der Waals surface area contributed by atoms with Gasteiger partial charge in [0, 0.05) is 18.7 Å². The van der Waals surface area contributed by atoms with Crippen LogP contribution in [-0.2, 0) is 23.0 Å². The lowest BCUT2D eigenvalue weighted by Gasteiger charge is -2.08. The highest BCUT2D eigenvalue weighted by atomic mass is 32.2. The Labute approximate surface area is 118 Å². The molecule has 6 nitrogen and oxygen atoms in total. The summed E-state index contributed by atoms with van der Waals surface area (Å²) in [6.07, 6.45) is 2.06. The van der Waals surface area contributed by atoms with Gasteiger partial charge < -0.3 is 5.73 Å². The van der Waals surface area contributed by atoms with Crippen LogP contribution in [0.5, 0.6) is 0 Å². The lowest BCUT2D eigenvalue weighted by atomic mass is 10.1. The first-order valence-corrected chi connectivity index (χ1v) is 7.79. The molecular formula is C13H18N4O2S. The van der Waals surface area contributed by atoms with Crippen molar-refractivity contribution in [2.24, 2.45) is 5.73 Å². The molecule has 0 aliphatic carbocycles. The van der Waals surface area contributed by atoms with Crippen LogP contribution < -0.4 is 10.5 Å². The molecule has 0 amide bonds. The largest absolute Gasteiger partial charge is 0.326 e. The lowest BCUT2D eigenvalue weighted by Crippen LogP contribution is -2.27. The minimum atomic E-state index is -3.59. The summed E-state index contributed by atoms with van der Waals surface area (Å²) in [6, 6.07) is 7.90. The first-order chi connectivity index (χ1) is 9.54. The third-order valence-corrected chi connectivity index (χ3v) is 4.59. The topological polar surface area (TPSA) is 101 Å². The summed E-state index contributed by atoms with van der Waals surface area (Å²) in [7, 11) is -3.59. The maximum absolute atomic E-state index is 12.1. The summed E-state index contributed by atoms with van der Waals surface area (Å²) in [5.74, 6) is 0. The van der Waals surface area contributed by atoms with Crippen molar-refractivity contribution >= 4 is 10.0 Å². The van der Waals surface area contributed by atoms with Gasteiger partial charge in [-0.3, -0.25) is 5.10 Å². The molecule has 0 aliphatic heterocycles. The average molecular weight is 294 g/mol. The number of rotatable bonds is 6. The number of aromatic amines is 1. The van der Waals surface area contributed by atoms with E-state index < -0.39 is 10.0 Å². The van der Waals surface area contributed by atoms with E-state index in [9.17, 15) is 8.42 Å². The molecule has 1 aromatic heterocycles. The fraction of sp³-hybridized carbons (Fsp3) is 0.308. The maximum Gasteiger partial charge on any atom is 0.257 e. The van der Waals surface area contributed by atoms with Crippen molar-refractivity contribution in [3.8, 4) is 0 Å². The number of hydrogen-bond acceptors (Lipinski definition) is 4. The number of nitrogens with two attached hydrogens (primary N) is 1. The quantitative estimate of drug-likeness (QED) is 0.730. The lowest BCUT2D eigenvalue weighted by molar-refractivity contribution is 0.576. The Morgan fingerprint density at radius 3 is 2.75 bits per heavy atom. The van der Waals surface area contributed by atoms with Crippen LogP contribution in [0.2, 0.25) is 0 Å². The molecule has 0 radical (unpaired) electrons. The summed E-state index contributed by atoms with van der Waals surface area (Å²) in [5, 5.41) is 6.24. The van der Waals surface area contributed by atoms with Crippen LogP contribution >= 0.6 is 0 Å². The Hall–Kier alpha value is -1.70. The van der Waals surface area contributed by atoms with Gasteiger partial charge >= 0.3 is 0 Å². The SMILES string of the molecule is Cc1ccccc1CCNS(=O)(=O)c1[nH]ncc1CN. The number of nitrogens with zero attached hydrogens (tertiary/aromatic N) is 1. The molecule has 2 rings (SSSR count). The highest BCUT2D eigenvalue weighted by Crippen LogP contribution is 2.11. The molecule has 0 saturated heterocycles. The molecular weight excluding hydrogens is 276 g/mol. The van der Waals surface area contributed by atoms with Crippen molar-refractivity contribution in [3.05, 3.63) is 47.2 Å². The minimum absolute atomic E-state index is 0.0461. The van der Waals surface area contributed by atoms with Crippen LogP contribution in [0, 0.1) is 6.92 Å². The molecule has 0 fully saturated rings. The third-order valence-electron chi connectivity index (χ3n) is 3.11. The number of aryl methyl sites for hydroxylation is 1. The van der Waals surface area contributed by atoms with Crippen LogP contribution in [0.4, 0.5) is 0 Å². The van der Waals surface area contributed by atoms with Crippen molar-refractivity contribution in [2.75, 3.05) is 6.54 Å². The zero-order valence-electron chi connectivity index (χ0n) is 11.3. The minimum Gasteiger partial charge on any atom is -0.326 e. The van der Waals surface area contributed by atoms with Crippen LogP contribution in [0.1, 0.15) is 16.7 Å². The van der Waals surface area contributed by atoms with E-state index in [2.05, 4.69) is 14.9 Å². The first-order valence-electron chi connectivity index (χ1n) is 6.31. The molecule has 0 bridgehead atoms. The van der Waals surface area contributed by atoms with Crippen molar-refractivity contribution in [1.29, 1.82) is 0 Å². The Morgan fingerprint density at radius 1 is 1.30 bits per heavy atom. The molecule has 7 heteroatoms. The molecule has 0 saturated carbocycles. The number of aromatic nitrogens is 2. The Balaban J connectivity index is 2.02. The van der Waals surface area contributed by atoms with Gasteiger partial charge in [0.05, 0.1) is 6.20 Å². The Bertz CT molecular complexity index is 679. The molecule has 1 aromatic carbocycles. The third kappa shape index (κ3) is 3.24. The van der Waals surface area contributed by atoms with E-state index in [0.717, 1.165) is 11.1 Å². The fourth-order valence-corrected chi connectivity index (χ4v) is 3.13. The van der Waals surface area contributed by atoms with Crippen LogP contribution in [0.15, 0.2) is 35.5 Å². The number of benzene rings is 1. The van der Waals surface area contributed by atoms with Crippen LogP contribution in [0.3, 0.4) is 0 Å². The fourth-order valence-electron chi connectivity index (χ4n) is 1.96. The van der Waals surface area contributed by atoms with Gasteiger partial charge in [0.1, 0.15) is 0 Å². The average Bonchev–Trinajstić information content (AvgIpc) is 2.90. The summed E-state index contributed by atoms with van der Waals surface area (Å²) in [5.41, 5.74) is 8.23. The van der Waals surface area contributed by atoms with Gasteiger partial charge in [0.15, 0.2) is 5.03 Å². The zero-order chi connectivity index (χ0) is 14.6. The van der Waals surface area contributed by atoms with Crippen molar-refractivity contribution < 1.29 is 8.42 Å². The Morgan fingerprint density at radius 2 is 2.05 bits per heavy atom. The molecule has 0 aliphatic rings. The van der Waals surface area contributed by atoms with Crippen LogP contribution in [-0.4, -0.2) is 25.2 Å². The number of sulfonamides is 1. The van der Waals surface area contributed by atoms with Crippen molar-refractivity contribution in [1.82, 2.24) is 14.9 Å². The van der Waals surface area contributed by atoms with Gasteiger partial charge in [0.25, 0.3) is 10.0 Å². The zero-order valence-corrected chi connectivity index (χ0v) is 12.1. The van der Waals surface area contributed by atoms with Crippen molar-refractivity contribution in [3.63, 3.8) is 0 Å². The van der Waals surface area contributed by atoms with Gasteiger partial charge in [-0.25, -0.2) is 13.1 Å². The second kappa shape index (κ2) is 6.17. The summed E-state index contributed by atoms with van der Waals surface area (Å²) in [6.45, 7) is 2.46.